The van der Waals surface area contributed by atoms with E-state index in [1.165, 1.54) is 6.33 Å². The molecule has 3 atom stereocenters. The van der Waals surface area contributed by atoms with Gasteiger partial charge in [0, 0.05) is 49.9 Å². The number of carbonyl (C=O) groups excluding carboxylic acids is 1. The van der Waals surface area contributed by atoms with E-state index < -0.39 is 11.7 Å². The second kappa shape index (κ2) is 10.2. The van der Waals surface area contributed by atoms with Crippen molar-refractivity contribution in [2.75, 3.05) is 44.2 Å². The number of rotatable bonds is 7. The minimum Gasteiger partial charge on any atom is -0.389 e. The first-order valence-electron chi connectivity index (χ1n) is 11.9. The lowest BCUT2D eigenvalue weighted by atomic mass is 9.96. The van der Waals surface area contributed by atoms with Crippen molar-refractivity contribution in [3.63, 3.8) is 0 Å². The van der Waals surface area contributed by atoms with E-state index in [1.54, 1.807) is 26.0 Å². The van der Waals surface area contributed by atoms with Gasteiger partial charge in [-0.25, -0.2) is 9.97 Å². The van der Waals surface area contributed by atoms with E-state index in [9.17, 15) is 15.0 Å². The van der Waals surface area contributed by atoms with E-state index in [1.807, 2.05) is 17.0 Å². The summed E-state index contributed by atoms with van der Waals surface area (Å²) >= 11 is 6.07. The van der Waals surface area contributed by atoms with E-state index in [-0.39, 0.29) is 17.7 Å². The molecular formula is C25H34ClN5O3. The quantitative estimate of drug-likeness (QED) is 0.551. The maximum absolute atomic E-state index is 13.6. The molecular weight excluding hydrogens is 454 g/mol. The van der Waals surface area contributed by atoms with E-state index in [0.29, 0.717) is 50.7 Å². The normalized spacial score (nSPS) is 21.5. The zero-order chi connectivity index (χ0) is 24.5. The zero-order valence-electron chi connectivity index (χ0n) is 20.0. The van der Waals surface area contributed by atoms with Gasteiger partial charge in [-0.1, -0.05) is 30.7 Å². The molecule has 1 fully saturated rings. The first kappa shape index (κ1) is 24.9. The summed E-state index contributed by atoms with van der Waals surface area (Å²) in [6.07, 6.45) is 1.66. The molecule has 4 rings (SSSR count). The number of fused-ring (bicyclic) bond motifs is 1. The van der Waals surface area contributed by atoms with Crippen molar-refractivity contribution >= 4 is 23.3 Å². The van der Waals surface area contributed by atoms with Gasteiger partial charge >= 0.3 is 0 Å². The van der Waals surface area contributed by atoms with Gasteiger partial charge in [-0.2, -0.15) is 0 Å². The van der Waals surface area contributed by atoms with Crippen LogP contribution < -0.4 is 10.2 Å². The Morgan fingerprint density at radius 3 is 2.53 bits per heavy atom. The number of nitrogens with zero attached hydrogens (tertiary/aromatic N) is 4. The van der Waals surface area contributed by atoms with Crippen LogP contribution >= 0.6 is 11.6 Å². The highest BCUT2D eigenvalue weighted by atomic mass is 35.5. The van der Waals surface area contributed by atoms with Crippen LogP contribution in [-0.2, 0) is 4.79 Å². The van der Waals surface area contributed by atoms with E-state index in [0.717, 1.165) is 22.6 Å². The lowest BCUT2D eigenvalue weighted by Gasteiger charge is -2.38. The topological polar surface area (TPSA) is 102 Å². The standard InChI is InChI=1S/C25H34ClN5O3/c1-16-12-20(32)22-21(16)23(29-15-28-22)30-8-10-31(11-9-30)24(33)19(13-27-14-25(2,3)34)17-4-6-18(26)7-5-17/h4-7,15-16,19-20,27,32,34H,8-14H2,1-3H3/t16-,19-,20-/m1/s1. The molecule has 1 aliphatic heterocycles. The number of anilines is 1. The van der Waals surface area contributed by atoms with Crippen LogP contribution in [0.15, 0.2) is 30.6 Å². The molecule has 1 saturated heterocycles. The van der Waals surface area contributed by atoms with Gasteiger partial charge in [0.15, 0.2) is 0 Å². The molecule has 0 unspecified atom stereocenters. The number of nitrogens with one attached hydrogen (secondary N) is 1. The maximum Gasteiger partial charge on any atom is 0.231 e. The van der Waals surface area contributed by atoms with Crippen molar-refractivity contribution in [3.8, 4) is 0 Å². The Morgan fingerprint density at radius 1 is 1.21 bits per heavy atom. The van der Waals surface area contributed by atoms with Crippen molar-refractivity contribution in [2.24, 2.45) is 0 Å². The summed E-state index contributed by atoms with van der Waals surface area (Å²) in [5.74, 6) is 0.769. The number of hydrogen-bond donors (Lipinski definition) is 3. The predicted octanol–water partition coefficient (Wildman–Crippen LogP) is 2.46. The highest BCUT2D eigenvalue weighted by Crippen LogP contribution is 2.42. The number of aliphatic hydroxyl groups is 2. The highest BCUT2D eigenvalue weighted by Gasteiger charge is 2.35. The zero-order valence-corrected chi connectivity index (χ0v) is 20.8. The molecule has 3 N–H and O–H groups in total. The number of aliphatic hydroxyl groups excluding tert-OH is 1. The molecule has 0 radical (unpaired) electrons. The average Bonchev–Trinajstić information content (AvgIpc) is 3.10. The van der Waals surface area contributed by atoms with Gasteiger partial charge in [0.05, 0.1) is 23.3 Å². The molecule has 184 valence electrons. The van der Waals surface area contributed by atoms with Crippen LogP contribution in [0.5, 0.6) is 0 Å². The molecule has 34 heavy (non-hydrogen) atoms. The Labute approximate surface area is 206 Å². The summed E-state index contributed by atoms with van der Waals surface area (Å²) in [6, 6.07) is 7.39. The molecule has 0 spiro atoms. The summed E-state index contributed by atoms with van der Waals surface area (Å²) < 4.78 is 0. The van der Waals surface area contributed by atoms with Crippen molar-refractivity contribution < 1.29 is 15.0 Å². The second-order valence-corrected chi connectivity index (χ2v) is 10.4. The molecule has 1 aromatic carbocycles. The molecule has 8 nitrogen and oxygen atoms in total. The van der Waals surface area contributed by atoms with Gasteiger partial charge in [-0.3, -0.25) is 4.79 Å². The number of carbonyl (C=O) groups is 1. The van der Waals surface area contributed by atoms with Gasteiger partial charge in [0.25, 0.3) is 0 Å². The monoisotopic (exact) mass is 487 g/mol. The summed E-state index contributed by atoms with van der Waals surface area (Å²) in [7, 11) is 0. The van der Waals surface area contributed by atoms with E-state index in [4.69, 9.17) is 11.6 Å². The Kier molecular flexibility index (Phi) is 7.42. The molecule has 9 heteroatoms. The molecule has 1 amide bonds. The fraction of sp³-hybridized carbons (Fsp3) is 0.560. The summed E-state index contributed by atoms with van der Waals surface area (Å²) in [4.78, 5) is 26.5. The van der Waals surface area contributed by atoms with Crippen LogP contribution in [-0.4, -0.2) is 75.9 Å². The maximum atomic E-state index is 13.6. The third kappa shape index (κ3) is 5.51. The fourth-order valence-corrected chi connectivity index (χ4v) is 5.00. The largest absolute Gasteiger partial charge is 0.389 e. The first-order chi connectivity index (χ1) is 16.1. The SMILES string of the molecule is C[C@@H]1C[C@@H](O)c2ncnc(N3CCN(C(=O)[C@H](CNCC(C)(C)O)c4ccc(Cl)cc4)CC3)c21. The minimum absolute atomic E-state index is 0.0573. The van der Waals surface area contributed by atoms with Gasteiger partial charge in [-0.05, 0) is 43.9 Å². The number of piperazine rings is 1. The molecule has 2 aromatic rings. The average molecular weight is 488 g/mol. The summed E-state index contributed by atoms with van der Waals surface area (Å²) in [5.41, 5.74) is 1.81. The van der Waals surface area contributed by atoms with Crippen molar-refractivity contribution in [1.82, 2.24) is 20.2 Å². The molecule has 1 aliphatic carbocycles. The van der Waals surface area contributed by atoms with Gasteiger partial charge in [0.1, 0.15) is 12.1 Å². The van der Waals surface area contributed by atoms with E-state index >= 15 is 0 Å². The molecule has 0 saturated carbocycles. The smallest absolute Gasteiger partial charge is 0.231 e. The summed E-state index contributed by atoms with van der Waals surface area (Å²) in [5, 5.41) is 24.2. The number of benzene rings is 1. The summed E-state index contributed by atoms with van der Waals surface area (Å²) in [6.45, 7) is 8.91. The third-order valence-corrected chi connectivity index (χ3v) is 6.90. The van der Waals surface area contributed by atoms with Gasteiger partial charge in [-0.15, -0.1) is 0 Å². The molecule has 1 aromatic heterocycles. The predicted molar refractivity (Wildman–Crippen MR) is 132 cm³/mol. The fourth-order valence-electron chi connectivity index (χ4n) is 4.88. The van der Waals surface area contributed by atoms with Crippen molar-refractivity contribution in [3.05, 3.63) is 52.4 Å². The molecule has 2 heterocycles. The lowest BCUT2D eigenvalue weighted by molar-refractivity contribution is -0.133. The van der Waals surface area contributed by atoms with Crippen LogP contribution in [0.25, 0.3) is 0 Å². The van der Waals surface area contributed by atoms with Crippen LogP contribution in [0, 0.1) is 0 Å². The lowest BCUT2D eigenvalue weighted by Crippen LogP contribution is -2.51. The van der Waals surface area contributed by atoms with Gasteiger partial charge in [0.2, 0.25) is 5.91 Å². The van der Waals surface area contributed by atoms with Crippen LogP contribution in [0.3, 0.4) is 0 Å². The molecule has 2 aliphatic rings. The second-order valence-electron chi connectivity index (χ2n) is 10.0. The highest BCUT2D eigenvalue weighted by molar-refractivity contribution is 6.30. The number of amides is 1. The van der Waals surface area contributed by atoms with Crippen molar-refractivity contribution in [1.29, 1.82) is 0 Å². The Hall–Kier alpha value is -2.26. The third-order valence-electron chi connectivity index (χ3n) is 6.65. The van der Waals surface area contributed by atoms with E-state index in [2.05, 4.69) is 27.1 Å². The minimum atomic E-state index is -0.859. The first-order valence-corrected chi connectivity index (χ1v) is 12.3. The van der Waals surface area contributed by atoms with Crippen LogP contribution in [0.2, 0.25) is 5.02 Å². The van der Waals surface area contributed by atoms with Crippen LogP contribution in [0.4, 0.5) is 5.82 Å². The molecule has 0 bridgehead atoms. The Bertz CT molecular complexity index is 1000. The number of halogens is 1. The van der Waals surface area contributed by atoms with Crippen LogP contribution in [0.1, 0.15) is 62.0 Å². The number of hydrogen-bond acceptors (Lipinski definition) is 7. The Balaban J connectivity index is 1.46. The van der Waals surface area contributed by atoms with Gasteiger partial charge < -0.3 is 25.3 Å². The number of aromatic nitrogens is 2. The Morgan fingerprint density at radius 2 is 1.88 bits per heavy atom. The van der Waals surface area contributed by atoms with Crippen molar-refractivity contribution in [2.45, 2.75) is 50.7 Å².